The normalized spacial score (nSPS) is 15.0. The van der Waals surface area contributed by atoms with E-state index in [1.54, 1.807) is 4.90 Å². The van der Waals surface area contributed by atoms with Gasteiger partial charge in [0.05, 0.1) is 5.75 Å². The Kier molecular flexibility index (Phi) is 8.40. The minimum Gasteiger partial charge on any atom is -0.352 e. The molecule has 2 amide bonds. The molecule has 1 fully saturated rings. The molecule has 30 heavy (non-hydrogen) atoms. The SMILES string of the molecule is Cc1ccc(SCC(=O)N(Cc2ccc(Br)cc2)[C@@H](C)C(=O)NC2CCCC2)cc1. The van der Waals surface area contributed by atoms with Crippen molar-refractivity contribution < 1.29 is 9.59 Å². The fourth-order valence-electron chi connectivity index (χ4n) is 3.62. The van der Waals surface area contributed by atoms with Crippen LogP contribution in [0.3, 0.4) is 0 Å². The number of hydrogen-bond donors (Lipinski definition) is 1. The van der Waals surface area contributed by atoms with E-state index in [9.17, 15) is 9.59 Å². The first-order valence-corrected chi connectivity index (χ1v) is 12.2. The molecule has 0 heterocycles. The second kappa shape index (κ2) is 11.0. The molecule has 0 radical (unpaired) electrons. The molecule has 1 saturated carbocycles. The van der Waals surface area contributed by atoms with Crippen LogP contribution in [0.1, 0.15) is 43.7 Å². The highest BCUT2D eigenvalue weighted by Gasteiger charge is 2.28. The molecule has 4 nitrogen and oxygen atoms in total. The van der Waals surface area contributed by atoms with E-state index in [2.05, 4.69) is 21.2 Å². The maximum atomic E-state index is 13.2. The number of nitrogens with one attached hydrogen (secondary N) is 1. The number of amides is 2. The van der Waals surface area contributed by atoms with E-state index in [0.29, 0.717) is 12.3 Å². The molecule has 0 bridgehead atoms. The van der Waals surface area contributed by atoms with Gasteiger partial charge in [0, 0.05) is 22.0 Å². The van der Waals surface area contributed by atoms with Gasteiger partial charge in [-0.25, -0.2) is 0 Å². The monoisotopic (exact) mass is 488 g/mol. The number of halogens is 1. The Balaban J connectivity index is 1.69. The molecule has 2 aromatic carbocycles. The van der Waals surface area contributed by atoms with Gasteiger partial charge in [0.25, 0.3) is 0 Å². The molecule has 3 rings (SSSR count). The third kappa shape index (κ3) is 6.61. The molecule has 0 unspecified atom stereocenters. The highest BCUT2D eigenvalue weighted by molar-refractivity contribution is 9.10. The molecule has 1 atom stereocenters. The van der Waals surface area contributed by atoms with Gasteiger partial charge in [-0.3, -0.25) is 9.59 Å². The third-order valence-electron chi connectivity index (χ3n) is 5.52. The molecule has 6 heteroatoms. The lowest BCUT2D eigenvalue weighted by atomic mass is 10.1. The van der Waals surface area contributed by atoms with Crippen LogP contribution in [0, 0.1) is 6.92 Å². The van der Waals surface area contributed by atoms with Gasteiger partial charge in [-0.1, -0.05) is 58.6 Å². The van der Waals surface area contributed by atoms with Crippen LogP contribution in [-0.4, -0.2) is 34.6 Å². The zero-order valence-electron chi connectivity index (χ0n) is 17.6. The molecule has 1 N–H and O–H groups in total. The number of aryl methyl sites for hydroxylation is 1. The second-order valence-electron chi connectivity index (χ2n) is 7.92. The summed E-state index contributed by atoms with van der Waals surface area (Å²) in [6.07, 6.45) is 4.38. The molecular formula is C24H29BrN2O2S. The average molecular weight is 489 g/mol. The predicted octanol–water partition coefficient (Wildman–Crippen LogP) is 5.33. The maximum Gasteiger partial charge on any atom is 0.242 e. The summed E-state index contributed by atoms with van der Waals surface area (Å²) >= 11 is 4.96. The van der Waals surface area contributed by atoms with Crippen molar-refractivity contribution in [1.82, 2.24) is 10.2 Å². The van der Waals surface area contributed by atoms with Gasteiger partial charge < -0.3 is 10.2 Å². The number of benzene rings is 2. The standard InChI is InChI=1S/C24H29BrN2O2S/c1-17-7-13-22(14-8-17)30-16-23(28)27(15-19-9-11-20(25)12-10-19)18(2)24(29)26-21-5-3-4-6-21/h7-14,18,21H,3-6,15-16H2,1-2H3,(H,26,29)/t18-/m0/s1. The van der Waals surface area contributed by atoms with Crippen molar-refractivity contribution in [3.8, 4) is 0 Å². The Morgan fingerprint density at radius 3 is 2.37 bits per heavy atom. The van der Waals surface area contributed by atoms with E-state index >= 15 is 0 Å². The van der Waals surface area contributed by atoms with Crippen molar-refractivity contribution >= 4 is 39.5 Å². The molecule has 160 valence electrons. The molecule has 1 aliphatic rings. The van der Waals surface area contributed by atoms with Gasteiger partial charge in [0.2, 0.25) is 11.8 Å². The van der Waals surface area contributed by atoms with Gasteiger partial charge in [-0.2, -0.15) is 0 Å². The highest BCUT2D eigenvalue weighted by Crippen LogP contribution is 2.22. The largest absolute Gasteiger partial charge is 0.352 e. The van der Waals surface area contributed by atoms with Crippen molar-refractivity contribution in [2.45, 2.75) is 63.1 Å². The zero-order chi connectivity index (χ0) is 21.5. The number of nitrogens with zero attached hydrogens (tertiary/aromatic N) is 1. The van der Waals surface area contributed by atoms with Crippen LogP contribution in [0.5, 0.6) is 0 Å². The molecule has 2 aromatic rings. The van der Waals surface area contributed by atoms with E-state index in [-0.39, 0.29) is 17.9 Å². The van der Waals surface area contributed by atoms with Crippen molar-refractivity contribution in [2.75, 3.05) is 5.75 Å². The third-order valence-corrected chi connectivity index (χ3v) is 7.04. The van der Waals surface area contributed by atoms with E-state index in [1.165, 1.54) is 17.3 Å². The lowest BCUT2D eigenvalue weighted by molar-refractivity contribution is -0.138. The number of hydrogen-bond acceptors (Lipinski definition) is 3. The summed E-state index contributed by atoms with van der Waals surface area (Å²) in [6, 6.07) is 15.8. The average Bonchev–Trinajstić information content (AvgIpc) is 3.25. The highest BCUT2D eigenvalue weighted by atomic mass is 79.9. The van der Waals surface area contributed by atoms with Crippen LogP contribution in [-0.2, 0) is 16.1 Å². The fourth-order valence-corrected chi connectivity index (χ4v) is 4.67. The van der Waals surface area contributed by atoms with Crippen molar-refractivity contribution in [1.29, 1.82) is 0 Å². The lowest BCUT2D eigenvalue weighted by Gasteiger charge is -2.29. The first kappa shape index (κ1) is 22.9. The molecule has 0 spiro atoms. The summed E-state index contributed by atoms with van der Waals surface area (Å²) in [5.41, 5.74) is 2.20. The van der Waals surface area contributed by atoms with Crippen LogP contribution in [0.4, 0.5) is 0 Å². The Hall–Kier alpha value is -1.79. The minimum absolute atomic E-state index is 0.0300. The number of thioether (sulfide) groups is 1. The van der Waals surface area contributed by atoms with Crippen molar-refractivity contribution in [3.63, 3.8) is 0 Å². The van der Waals surface area contributed by atoms with Crippen LogP contribution < -0.4 is 5.32 Å². The van der Waals surface area contributed by atoms with Gasteiger partial charge >= 0.3 is 0 Å². The van der Waals surface area contributed by atoms with Gasteiger partial charge in [0.15, 0.2) is 0 Å². The van der Waals surface area contributed by atoms with E-state index in [0.717, 1.165) is 40.6 Å². The topological polar surface area (TPSA) is 49.4 Å². The van der Waals surface area contributed by atoms with Crippen molar-refractivity contribution in [2.24, 2.45) is 0 Å². The first-order chi connectivity index (χ1) is 14.4. The second-order valence-corrected chi connectivity index (χ2v) is 9.88. The number of carbonyl (C=O) groups is 2. The smallest absolute Gasteiger partial charge is 0.242 e. The Labute approximate surface area is 191 Å². The van der Waals surface area contributed by atoms with Crippen LogP contribution in [0.15, 0.2) is 57.9 Å². The summed E-state index contributed by atoms with van der Waals surface area (Å²) in [7, 11) is 0. The number of rotatable bonds is 8. The Morgan fingerprint density at radius 1 is 1.10 bits per heavy atom. The minimum atomic E-state index is -0.514. The fraction of sp³-hybridized carbons (Fsp3) is 0.417. The van der Waals surface area contributed by atoms with E-state index in [1.807, 2.05) is 62.4 Å². The zero-order valence-corrected chi connectivity index (χ0v) is 20.0. The summed E-state index contributed by atoms with van der Waals surface area (Å²) in [6.45, 7) is 4.29. The lowest BCUT2D eigenvalue weighted by Crippen LogP contribution is -2.50. The quantitative estimate of drug-likeness (QED) is 0.511. The van der Waals surface area contributed by atoms with Gasteiger partial charge in [-0.15, -0.1) is 11.8 Å². The van der Waals surface area contributed by atoms with Gasteiger partial charge in [-0.05, 0) is 56.5 Å². The van der Waals surface area contributed by atoms with Crippen LogP contribution in [0.2, 0.25) is 0 Å². The molecule has 0 aromatic heterocycles. The summed E-state index contributed by atoms with van der Waals surface area (Å²) in [4.78, 5) is 28.8. The Bertz CT molecular complexity index is 849. The molecule has 0 saturated heterocycles. The first-order valence-electron chi connectivity index (χ1n) is 10.5. The van der Waals surface area contributed by atoms with Crippen LogP contribution in [0.25, 0.3) is 0 Å². The van der Waals surface area contributed by atoms with Gasteiger partial charge in [0.1, 0.15) is 6.04 Å². The molecule has 1 aliphatic carbocycles. The molecule has 0 aliphatic heterocycles. The summed E-state index contributed by atoms with van der Waals surface area (Å²) in [5, 5.41) is 3.14. The van der Waals surface area contributed by atoms with Crippen LogP contribution >= 0.6 is 27.7 Å². The van der Waals surface area contributed by atoms with Crippen molar-refractivity contribution in [3.05, 3.63) is 64.1 Å². The van der Waals surface area contributed by atoms with E-state index < -0.39 is 6.04 Å². The number of carbonyl (C=O) groups excluding carboxylic acids is 2. The maximum absolute atomic E-state index is 13.2. The predicted molar refractivity (Wildman–Crippen MR) is 126 cm³/mol. The summed E-state index contributed by atoms with van der Waals surface area (Å²) < 4.78 is 0.992. The summed E-state index contributed by atoms with van der Waals surface area (Å²) in [5.74, 6) is 0.214. The van der Waals surface area contributed by atoms with E-state index in [4.69, 9.17) is 0 Å². The Morgan fingerprint density at radius 2 is 1.73 bits per heavy atom. The molecular weight excluding hydrogens is 460 g/mol.